The minimum atomic E-state index is -2.95. The maximum Gasteiger partial charge on any atom is 0.387 e. The lowest BCUT2D eigenvalue weighted by Crippen LogP contribution is -2.49. The smallest absolute Gasteiger partial charge is 0.387 e. The molecule has 0 spiro atoms. The highest BCUT2D eigenvalue weighted by atomic mass is 32.1. The molecule has 3 heterocycles. The van der Waals surface area contributed by atoms with Crippen LogP contribution in [0.1, 0.15) is 30.5 Å². The molecule has 2 atom stereocenters. The summed E-state index contributed by atoms with van der Waals surface area (Å²) in [5.74, 6) is 0.826. The topological polar surface area (TPSA) is 62.1 Å². The number of alkyl halides is 2. The summed E-state index contributed by atoms with van der Waals surface area (Å²) < 4.78 is 43.0. The third kappa shape index (κ3) is 3.38. The van der Waals surface area contributed by atoms with E-state index in [0.717, 1.165) is 11.3 Å². The van der Waals surface area contributed by atoms with Gasteiger partial charge in [0.05, 0.1) is 17.7 Å². The number of para-hydroxylation sites is 1. The zero-order valence-corrected chi connectivity index (χ0v) is 17.5. The van der Waals surface area contributed by atoms with Gasteiger partial charge in [-0.15, -0.1) is 0 Å². The molecule has 0 N–H and O–H groups in total. The molecule has 0 saturated carbocycles. The summed E-state index contributed by atoms with van der Waals surface area (Å²) in [6.07, 6.45) is 2.27. The second-order valence-corrected chi connectivity index (χ2v) is 8.51. The van der Waals surface area contributed by atoms with Crippen molar-refractivity contribution in [3.05, 3.63) is 73.3 Å². The quantitative estimate of drug-likeness (QED) is 0.621. The van der Waals surface area contributed by atoms with Crippen molar-refractivity contribution in [2.75, 3.05) is 7.11 Å². The van der Waals surface area contributed by atoms with Gasteiger partial charge in [-0.25, -0.2) is 4.99 Å². The first-order chi connectivity index (χ1) is 14.9. The number of hydrogen-bond acceptors (Lipinski definition) is 6. The largest absolute Gasteiger partial charge is 0.493 e. The van der Waals surface area contributed by atoms with Crippen LogP contribution in [0.5, 0.6) is 17.2 Å². The number of methoxy groups -OCH3 is 1. The molecule has 0 aliphatic carbocycles. The van der Waals surface area contributed by atoms with Crippen LogP contribution in [0.4, 0.5) is 8.78 Å². The molecule has 2 aromatic carbocycles. The Morgan fingerprint density at radius 3 is 2.87 bits per heavy atom. The van der Waals surface area contributed by atoms with Crippen LogP contribution in [0.3, 0.4) is 0 Å². The SMILES string of the molecule is COc1cc(/C=c2/sc3n(c2=O)[C@H]2C[C@@](C)(N=3)Oc3ccccc32)ccc1OC(F)F. The molecule has 9 heteroatoms. The van der Waals surface area contributed by atoms with Gasteiger partial charge in [0.15, 0.2) is 16.3 Å². The van der Waals surface area contributed by atoms with Crippen molar-refractivity contribution in [3.8, 4) is 17.2 Å². The Bertz CT molecular complexity index is 1350. The molecule has 0 fully saturated rings. The minimum absolute atomic E-state index is 0.0673. The Balaban J connectivity index is 1.63. The molecule has 6 nitrogen and oxygen atoms in total. The van der Waals surface area contributed by atoms with Crippen LogP contribution in [0, 0.1) is 0 Å². The highest BCUT2D eigenvalue weighted by molar-refractivity contribution is 7.07. The van der Waals surface area contributed by atoms with Gasteiger partial charge < -0.3 is 14.2 Å². The fourth-order valence-corrected chi connectivity index (χ4v) is 5.18. The molecule has 2 aliphatic heterocycles. The molecule has 0 unspecified atom stereocenters. The Morgan fingerprint density at radius 1 is 1.29 bits per heavy atom. The fraction of sp³-hybridized carbons (Fsp3) is 0.273. The maximum absolute atomic E-state index is 13.3. The number of thiazole rings is 1. The number of hydrogen-bond donors (Lipinski definition) is 0. The molecular weight excluding hydrogens is 426 g/mol. The maximum atomic E-state index is 13.3. The van der Waals surface area contributed by atoms with Gasteiger partial charge in [-0.05, 0) is 36.8 Å². The Morgan fingerprint density at radius 2 is 2.10 bits per heavy atom. The number of aromatic nitrogens is 1. The first-order valence-corrected chi connectivity index (χ1v) is 10.4. The van der Waals surface area contributed by atoms with Crippen molar-refractivity contribution in [1.82, 2.24) is 4.57 Å². The normalized spacial score (nSPS) is 21.7. The Hall–Kier alpha value is -3.20. The number of rotatable bonds is 4. The predicted molar refractivity (Wildman–Crippen MR) is 111 cm³/mol. The summed E-state index contributed by atoms with van der Waals surface area (Å²) >= 11 is 1.27. The molecule has 160 valence electrons. The Labute approximate surface area is 179 Å². The van der Waals surface area contributed by atoms with Gasteiger partial charge in [-0.3, -0.25) is 9.36 Å². The second-order valence-electron chi connectivity index (χ2n) is 7.50. The third-order valence-corrected chi connectivity index (χ3v) is 6.35. The van der Waals surface area contributed by atoms with Crippen LogP contribution in [-0.4, -0.2) is 24.0 Å². The van der Waals surface area contributed by atoms with Crippen LogP contribution in [0.25, 0.3) is 6.08 Å². The summed E-state index contributed by atoms with van der Waals surface area (Å²) in [6, 6.07) is 12.1. The van der Waals surface area contributed by atoms with E-state index in [2.05, 4.69) is 4.74 Å². The molecule has 5 rings (SSSR count). The molecular formula is C22H18F2N2O4S. The van der Waals surface area contributed by atoms with Crippen molar-refractivity contribution < 1.29 is 23.0 Å². The summed E-state index contributed by atoms with van der Waals surface area (Å²) in [7, 11) is 1.37. The van der Waals surface area contributed by atoms with Crippen molar-refractivity contribution in [1.29, 1.82) is 0 Å². The lowest BCUT2D eigenvalue weighted by atomic mass is 9.93. The zero-order chi connectivity index (χ0) is 21.8. The van der Waals surface area contributed by atoms with Crippen LogP contribution < -0.4 is 29.1 Å². The van der Waals surface area contributed by atoms with Crippen molar-refractivity contribution >= 4 is 17.4 Å². The fourth-order valence-electron chi connectivity index (χ4n) is 4.06. The van der Waals surface area contributed by atoms with Gasteiger partial charge in [-0.2, -0.15) is 8.78 Å². The van der Waals surface area contributed by atoms with Gasteiger partial charge in [0.25, 0.3) is 5.56 Å². The number of benzene rings is 2. The number of ether oxygens (including phenoxy) is 3. The van der Waals surface area contributed by atoms with E-state index in [1.54, 1.807) is 22.8 Å². The van der Waals surface area contributed by atoms with Gasteiger partial charge in [0, 0.05) is 12.0 Å². The molecule has 3 aromatic rings. The molecule has 1 aromatic heterocycles. The van der Waals surface area contributed by atoms with Crippen LogP contribution in [-0.2, 0) is 0 Å². The average molecular weight is 444 g/mol. The minimum Gasteiger partial charge on any atom is -0.493 e. The zero-order valence-electron chi connectivity index (χ0n) is 16.7. The van der Waals surface area contributed by atoms with Gasteiger partial charge in [-0.1, -0.05) is 35.6 Å². The summed E-state index contributed by atoms with van der Waals surface area (Å²) in [5.41, 5.74) is 0.697. The lowest BCUT2D eigenvalue weighted by molar-refractivity contribution is -0.0512. The van der Waals surface area contributed by atoms with Crippen LogP contribution in [0.15, 0.2) is 52.3 Å². The first-order valence-electron chi connectivity index (χ1n) is 9.61. The van der Waals surface area contributed by atoms with E-state index in [9.17, 15) is 13.6 Å². The van der Waals surface area contributed by atoms with Gasteiger partial charge >= 0.3 is 6.61 Å². The standard InChI is InChI=1S/C22H18F2N2O4S/c1-22-11-14(13-5-3-4-6-15(13)30-22)26-19(27)18(31-21(26)25-22)10-12-7-8-16(29-20(23)24)17(9-12)28-2/h3-10,14,20H,11H2,1-2H3/b18-10+/t14-,22-/m0/s1. The average Bonchev–Trinajstić information content (AvgIpc) is 3.02. The molecule has 0 radical (unpaired) electrons. The van der Waals surface area contributed by atoms with Gasteiger partial charge in [0.2, 0.25) is 5.72 Å². The molecule has 0 saturated heterocycles. The predicted octanol–water partition coefficient (Wildman–Crippen LogP) is 3.07. The van der Waals surface area contributed by atoms with E-state index in [1.807, 2.05) is 31.2 Å². The molecule has 31 heavy (non-hydrogen) atoms. The highest BCUT2D eigenvalue weighted by Gasteiger charge is 2.42. The number of halogens is 2. The summed E-state index contributed by atoms with van der Waals surface area (Å²) in [6.45, 7) is -1.04. The highest BCUT2D eigenvalue weighted by Crippen LogP contribution is 2.42. The van der Waals surface area contributed by atoms with Crippen molar-refractivity contribution in [3.63, 3.8) is 0 Å². The molecule has 2 aliphatic rings. The number of fused-ring (bicyclic) bond motifs is 6. The first kappa shape index (κ1) is 19.7. The van der Waals surface area contributed by atoms with Crippen molar-refractivity contribution in [2.45, 2.75) is 31.7 Å². The van der Waals surface area contributed by atoms with E-state index < -0.39 is 12.3 Å². The van der Waals surface area contributed by atoms with E-state index >= 15 is 0 Å². The monoisotopic (exact) mass is 444 g/mol. The van der Waals surface area contributed by atoms with E-state index in [4.69, 9.17) is 14.5 Å². The van der Waals surface area contributed by atoms with E-state index in [-0.39, 0.29) is 23.1 Å². The van der Waals surface area contributed by atoms with E-state index in [1.165, 1.54) is 24.5 Å². The lowest BCUT2D eigenvalue weighted by Gasteiger charge is -2.39. The van der Waals surface area contributed by atoms with E-state index in [0.29, 0.717) is 21.3 Å². The van der Waals surface area contributed by atoms with Crippen LogP contribution in [0.2, 0.25) is 0 Å². The van der Waals surface area contributed by atoms with Gasteiger partial charge in [0.1, 0.15) is 5.75 Å². The molecule has 0 amide bonds. The number of nitrogens with zero attached hydrogens (tertiary/aromatic N) is 2. The van der Waals surface area contributed by atoms with Crippen LogP contribution >= 0.6 is 11.3 Å². The van der Waals surface area contributed by atoms with Crippen molar-refractivity contribution in [2.24, 2.45) is 4.99 Å². The molecule has 2 bridgehead atoms. The summed E-state index contributed by atoms with van der Waals surface area (Å²) in [4.78, 5) is 18.6. The summed E-state index contributed by atoms with van der Waals surface area (Å²) in [5, 5.41) is 0. The Kier molecular flexibility index (Phi) is 4.58. The second kappa shape index (κ2) is 7.19. The third-order valence-electron chi connectivity index (χ3n) is 5.36.